The summed E-state index contributed by atoms with van der Waals surface area (Å²) in [5, 5.41) is 9.78. The molecule has 2 N–H and O–H groups in total. The first-order chi connectivity index (χ1) is 34.2. The standard InChI is InChI=1S/C58H93O11P/c1-4-7-10-13-16-19-22-25-27-30-32-35-38-41-44-47-56(60)65-51-55(69-58(62)49-46-43-40-37-34-31-28-26-23-20-17-14-11-8-5-2)53-67-70(63,64)66-52-54(50-59)68-57(61)48-45-42-39-36-33-29-24-21-18-15-12-9-6-3/h7-12,16-21,25-29,32-33,35,54-55,59H,4-6,13-15,22-24,30-31,34,36-53H2,1-3H3,(H,63,64)/b10-7-,11-8-,12-9-,19-16-,20-17-,21-18-,27-25-,28-26-,33-29-,35-32-. The Balaban J connectivity index is 4.88. The lowest BCUT2D eigenvalue weighted by Gasteiger charge is -2.21. The molecular formula is C58H93O11P. The molecule has 0 aliphatic carbocycles. The second kappa shape index (κ2) is 51.2. The summed E-state index contributed by atoms with van der Waals surface area (Å²) in [4.78, 5) is 48.4. The van der Waals surface area contributed by atoms with Gasteiger partial charge in [0.15, 0.2) is 6.10 Å². The van der Waals surface area contributed by atoms with Gasteiger partial charge in [0.2, 0.25) is 0 Å². The maximum Gasteiger partial charge on any atom is 0.472 e. The topological polar surface area (TPSA) is 155 Å². The molecule has 3 unspecified atom stereocenters. The maximum atomic E-state index is 12.9. The fourth-order valence-corrected chi connectivity index (χ4v) is 7.22. The molecule has 0 radical (unpaired) electrons. The first-order valence-electron chi connectivity index (χ1n) is 26.4. The van der Waals surface area contributed by atoms with E-state index in [1.54, 1.807) is 0 Å². The number of aliphatic hydroxyl groups excluding tert-OH is 1. The van der Waals surface area contributed by atoms with Crippen molar-refractivity contribution < 1.29 is 52.2 Å². The number of phosphoric acid groups is 1. The number of hydrogen-bond acceptors (Lipinski definition) is 10. The van der Waals surface area contributed by atoms with Gasteiger partial charge >= 0.3 is 25.7 Å². The van der Waals surface area contributed by atoms with E-state index in [0.717, 1.165) is 128 Å². The van der Waals surface area contributed by atoms with E-state index in [2.05, 4.69) is 142 Å². The molecule has 0 bridgehead atoms. The Morgan fingerprint density at radius 3 is 1.11 bits per heavy atom. The third kappa shape index (κ3) is 48.9. The molecule has 12 heteroatoms. The summed E-state index contributed by atoms with van der Waals surface area (Å²) in [5.74, 6) is -1.58. The zero-order valence-electron chi connectivity index (χ0n) is 43.4. The second-order valence-electron chi connectivity index (χ2n) is 16.9. The largest absolute Gasteiger partial charge is 0.472 e. The molecule has 0 heterocycles. The molecular weight excluding hydrogens is 904 g/mol. The summed E-state index contributed by atoms with van der Waals surface area (Å²) >= 11 is 0. The lowest BCUT2D eigenvalue weighted by atomic mass is 10.1. The fraction of sp³-hybridized carbons (Fsp3) is 0.603. The summed E-state index contributed by atoms with van der Waals surface area (Å²) in [6.45, 7) is 4.16. The van der Waals surface area contributed by atoms with Crippen molar-refractivity contribution >= 4 is 25.7 Å². The first-order valence-corrected chi connectivity index (χ1v) is 27.9. The van der Waals surface area contributed by atoms with Gasteiger partial charge in [-0.15, -0.1) is 0 Å². The Morgan fingerprint density at radius 1 is 0.400 bits per heavy atom. The lowest BCUT2D eigenvalue weighted by Crippen LogP contribution is -2.30. The third-order valence-corrected chi connectivity index (χ3v) is 11.3. The van der Waals surface area contributed by atoms with Crippen LogP contribution in [0.4, 0.5) is 0 Å². The zero-order chi connectivity index (χ0) is 51.3. The van der Waals surface area contributed by atoms with Crippen LogP contribution in [-0.2, 0) is 42.2 Å². The van der Waals surface area contributed by atoms with Gasteiger partial charge in [0.25, 0.3) is 0 Å². The molecule has 0 aromatic rings. The molecule has 0 saturated carbocycles. The van der Waals surface area contributed by atoms with Crippen LogP contribution in [0.3, 0.4) is 0 Å². The summed E-state index contributed by atoms with van der Waals surface area (Å²) in [7, 11) is -4.77. The number of rotatable bonds is 47. The lowest BCUT2D eigenvalue weighted by molar-refractivity contribution is -0.161. The number of aliphatic hydroxyl groups is 1. The van der Waals surface area contributed by atoms with E-state index in [4.69, 9.17) is 23.3 Å². The van der Waals surface area contributed by atoms with Gasteiger partial charge in [0.1, 0.15) is 12.7 Å². The van der Waals surface area contributed by atoms with Crippen LogP contribution >= 0.6 is 7.82 Å². The van der Waals surface area contributed by atoms with Crippen molar-refractivity contribution in [3.63, 3.8) is 0 Å². The molecule has 70 heavy (non-hydrogen) atoms. The van der Waals surface area contributed by atoms with Crippen LogP contribution in [0, 0.1) is 0 Å². The van der Waals surface area contributed by atoms with Gasteiger partial charge in [-0.2, -0.15) is 0 Å². The molecule has 0 spiro atoms. The summed E-state index contributed by atoms with van der Waals surface area (Å²) in [5.41, 5.74) is 0. The van der Waals surface area contributed by atoms with Gasteiger partial charge in [-0.3, -0.25) is 23.4 Å². The molecule has 11 nitrogen and oxygen atoms in total. The summed E-state index contributed by atoms with van der Waals surface area (Å²) in [6.07, 6.45) is 61.7. The fourth-order valence-electron chi connectivity index (χ4n) is 6.43. The molecule has 0 rings (SSSR count). The molecule has 396 valence electrons. The molecule has 0 aromatic carbocycles. The van der Waals surface area contributed by atoms with Gasteiger partial charge < -0.3 is 24.2 Å². The molecule has 0 amide bonds. The number of esters is 3. The van der Waals surface area contributed by atoms with Gasteiger partial charge in [-0.25, -0.2) is 4.57 Å². The van der Waals surface area contributed by atoms with E-state index in [1.165, 1.54) is 0 Å². The zero-order valence-corrected chi connectivity index (χ0v) is 44.3. The Labute approximate surface area is 424 Å². The molecule has 3 atom stereocenters. The minimum atomic E-state index is -4.77. The summed E-state index contributed by atoms with van der Waals surface area (Å²) < 4.78 is 39.3. The summed E-state index contributed by atoms with van der Waals surface area (Å²) in [6, 6.07) is 0. The predicted molar refractivity (Wildman–Crippen MR) is 288 cm³/mol. The van der Waals surface area contributed by atoms with E-state index < -0.39 is 57.8 Å². The van der Waals surface area contributed by atoms with Gasteiger partial charge in [-0.05, 0) is 122 Å². The number of unbranched alkanes of at least 4 members (excludes halogenated alkanes) is 10. The molecule has 0 aliphatic rings. The quantitative estimate of drug-likeness (QED) is 0.0197. The van der Waals surface area contributed by atoms with E-state index in [1.807, 2.05) is 0 Å². The normalized spacial score (nSPS) is 14.4. The van der Waals surface area contributed by atoms with E-state index >= 15 is 0 Å². The molecule has 0 aromatic heterocycles. The Kier molecular flexibility index (Phi) is 48.2. The van der Waals surface area contributed by atoms with E-state index in [9.17, 15) is 28.9 Å². The number of phosphoric ester groups is 1. The van der Waals surface area contributed by atoms with Crippen molar-refractivity contribution in [1.82, 2.24) is 0 Å². The molecule has 0 fully saturated rings. The minimum Gasteiger partial charge on any atom is -0.462 e. The highest BCUT2D eigenvalue weighted by molar-refractivity contribution is 7.47. The Hall–Kier alpha value is -4.12. The van der Waals surface area contributed by atoms with Crippen LogP contribution < -0.4 is 0 Å². The average molecular weight is 997 g/mol. The number of ether oxygens (including phenoxy) is 3. The van der Waals surface area contributed by atoms with E-state index in [0.29, 0.717) is 19.3 Å². The Bertz CT molecular complexity index is 1630. The van der Waals surface area contributed by atoms with E-state index in [-0.39, 0.29) is 25.9 Å². The highest BCUT2D eigenvalue weighted by Gasteiger charge is 2.28. The van der Waals surface area contributed by atoms with Gasteiger partial charge in [0.05, 0.1) is 19.8 Å². The smallest absolute Gasteiger partial charge is 0.462 e. The minimum absolute atomic E-state index is 0.130. The van der Waals surface area contributed by atoms with Crippen LogP contribution in [0.2, 0.25) is 0 Å². The average Bonchev–Trinajstić information content (AvgIpc) is 3.35. The highest BCUT2D eigenvalue weighted by atomic mass is 31.2. The number of hydrogen-bond donors (Lipinski definition) is 2. The SMILES string of the molecule is CC/C=C\C/C=C\C/C=C\C/C=C\CCCCC(=O)OCC(COP(=O)(O)OCC(CO)OC(=O)CCCCC/C=C\C/C=C\C/C=C\CC)OC(=O)CCCCCCC/C=C\C/C=C\C/C=C\CC. The Morgan fingerprint density at radius 2 is 0.700 bits per heavy atom. The first kappa shape index (κ1) is 65.9. The highest BCUT2D eigenvalue weighted by Crippen LogP contribution is 2.43. The van der Waals surface area contributed by atoms with Crippen molar-refractivity contribution in [2.75, 3.05) is 26.4 Å². The van der Waals surface area contributed by atoms with Crippen LogP contribution in [0.25, 0.3) is 0 Å². The monoisotopic (exact) mass is 997 g/mol. The van der Waals surface area contributed by atoms with Crippen LogP contribution in [0.15, 0.2) is 122 Å². The van der Waals surface area contributed by atoms with Crippen molar-refractivity contribution in [2.45, 2.75) is 200 Å². The maximum absolute atomic E-state index is 12.9. The number of carbonyl (C=O) groups excluding carboxylic acids is 3. The van der Waals surface area contributed by atoms with Crippen molar-refractivity contribution in [3.05, 3.63) is 122 Å². The van der Waals surface area contributed by atoms with Crippen molar-refractivity contribution in [3.8, 4) is 0 Å². The predicted octanol–water partition coefficient (Wildman–Crippen LogP) is 15.2. The van der Waals surface area contributed by atoms with Crippen LogP contribution in [0.5, 0.6) is 0 Å². The van der Waals surface area contributed by atoms with Gasteiger partial charge in [-0.1, -0.05) is 168 Å². The molecule has 0 saturated heterocycles. The van der Waals surface area contributed by atoms with Gasteiger partial charge in [0, 0.05) is 19.3 Å². The van der Waals surface area contributed by atoms with Crippen molar-refractivity contribution in [1.29, 1.82) is 0 Å². The second-order valence-corrected chi connectivity index (χ2v) is 18.3. The van der Waals surface area contributed by atoms with Crippen LogP contribution in [-0.4, -0.2) is 66.5 Å². The number of carbonyl (C=O) groups is 3. The van der Waals surface area contributed by atoms with Crippen molar-refractivity contribution in [2.24, 2.45) is 0 Å². The van der Waals surface area contributed by atoms with Crippen LogP contribution in [0.1, 0.15) is 188 Å². The third-order valence-electron chi connectivity index (χ3n) is 10.4. The molecule has 0 aliphatic heterocycles. The number of allylic oxidation sites excluding steroid dienone is 20.